The van der Waals surface area contributed by atoms with Crippen LogP contribution in [0.5, 0.6) is 0 Å². The van der Waals surface area contributed by atoms with Crippen molar-refractivity contribution in [3.63, 3.8) is 0 Å². The molecule has 0 aliphatic carbocycles. The highest BCUT2D eigenvalue weighted by Gasteiger charge is 2.06. The first-order chi connectivity index (χ1) is 8.15. The fourth-order valence-electron chi connectivity index (χ4n) is 1.69. The molecular weight excluding hydrogens is 232 g/mol. The maximum atomic E-state index is 8.89. The SMILES string of the molecule is CCSc1ccc(CN(C)CC(N)CO)cc1. The minimum Gasteiger partial charge on any atom is -0.395 e. The van der Waals surface area contributed by atoms with Crippen LogP contribution in [-0.2, 0) is 6.54 Å². The molecule has 0 fully saturated rings. The van der Waals surface area contributed by atoms with Crippen molar-refractivity contribution in [2.75, 3.05) is 26.0 Å². The summed E-state index contributed by atoms with van der Waals surface area (Å²) in [6, 6.07) is 8.46. The molecule has 3 nitrogen and oxygen atoms in total. The van der Waals surface area contributed by atoms with Crippen molar-refractivity contribution < 1.29 is 5.11 Å². The van der Waals surface area contributed by atoms with Crippen molar-refractivity contribution in [1.29, 1.82) is 0 Å². The van der Waals surface area contributed by atoms with Crippen LogP contribution < -0.4 is 5.73 Å². The maximum Gasteiger partial charge on any atom is 0.0595 e. The van der Waals surface area contributed by atoms with E-state index in [9.17, 15) is 0 Å². The van der Waals surface area contributed by atoms with E-state index in [1.807, 2.05) is 18.8 Å². The summed E-state index contributed by atoms with van der Waals surface area (Å²) in [4.78, 5) is 3.44. The number of nitrogens with two attached hydrogens (primary N) is 1. The molecule has 1 rings (SSSR count). The normalized spacial score (nSPS) is 13.0. The van der Waals surface area contributed by atoms with E-state index in [1.54, 1.807) is 0 Å². The summed E-state index contributed by atoms with van der Waals surface area (Å²) in [5.41, 5.74) is 6.97. The zero-order valence-electron chi connectivity index (χ0n) is 10.6. The van der Waals surface area contributed by atoms with Crippen LogP contribution in [0, 0.1) is 0 Å². The number of nitrogens with zero attached hydrogens (tertiary/aromatic N) is 1. The molecule has 0 bridgehead atoms. The van der Waals surface area contributed by atoms with Gasteiger partial charge < -0.3 is 15.7 Å². The second kappa shape index (κ2) is 7.71. The Bertz CT molecular complexity index is 316. The average molecular weight is 254 g/mol. The van der Waals surface area contributed by atoms with Crippen molar-refractivity contribution >= 4 is 11.8 Å². The van der Waals surface area contributed by atoms with Crippen LogP contribution in [0.25, 0.3) is 0 Å². The molecule has 0 aliphatic rings. The summed E-state index contributed by atoms with van der Waals surface area (Å²) in [5, 5.41) is 8.89. The standard InChI is InChI=1S/C13H22N2OS/c1-3-17-13-6-4-11(5-7-13)8-15(2)9-12(14)10-16/h4-7,12,16H,3,8-10,14H2,1-2H3. The van der Waals surface area contributed by atoms with Gasteiger partial charge in [-0.05, 0) is 30.5 Å². The number of aliphatic hydroxyl groups is 1. The van der Waals surface area contributed by atoms with Gasteiger partial charge in [0.25, 0.3) is 0 Å². The smallest absolute Gasteiger partial charge is 0.0595 e. The highest BCUT2D eigenvalue weighted by molar-refractivity contribution is 7.99. The van der Waals surface area contributed by atoms with Crippen LogP contribution in [0.4, 0.5) is 0 Å². The molecule has 17 heavy (non-hydrogen) atoms. The third-order valence-corrected chi connectivity index (χ3v) is 3.36. The quantitative estimate of drug-likeness (QED) is 0.725. The van der Waals surface area contributed by atoms with E-state index in [0.717, 1.165) is 12.3 Å². The van der Waals surface area contributed by atoms with Crippen LogP contribution in [0.3, 0.4) is 0 Å². The van der Waals surface area contributed by atoms with Crippen molar-refractivity contribution in [1.82, 2.24) is 4.90 Å². The van der Waals surface area contributed by atoms with Gasteiger partial charge in [0.2, 0.25) is 0 Å². The number of hydrogen-bond donors (Lipinski definition) is 2. The summed E-state index contributed by atoms with van der Waals surface area (Å²) < 4.78 is 0. The summed E-state index contributed by atoms with van der Waals surface area (Å²) in [7, 11) is 2.02. The van der Waals surface area contributed by atoms with E-state index in [2.05, 4.69) is 36.1 Å². The van der Waals surface area contributed by atoms with E-state index in [-0.39, 0.29) is 12.6 Å². The summed E-state index contributed by atoms with van der Waals surface area (Å²) >= 11 is 1.85. The van der Waals surface area contributed by atoms with E-state index in [0.29, 0.717) is 6.54 Å². The molecule has 1 aromatic carbocycles. The number of thioether (sulfide) groups is 1. The molecule has 0 amide bonds. The predicted molar refractivity (Wildman–Crippen MR) is 74.2 cm³/mol. The van der Waals surface area contributed by atoms with Crippen LogP contribution in [0.2, 0.25) is 0 Å². The molecule has 96 valence electrons. The lowest BCUT2D eigenvalue weighted by molar-refractivity contribution is 0.218. The molecule has 1 aromatic rings. The van der Waals surface area contributed by atoms with Gasteiger partial charge in [-0.1, -0.05) is 19.1 Å². The number of likely N-dealkylation sites (N-methyl/N-ethyl adjacent to an activating group) is 1. The predicted octanol–water partition coefficient (Wildman–Crippen LogP) is 1.55. The Morgan fingerprint density at radius 1 is 1.35 bits per heavy atom. The lowest BCUT2D eigenvalue weighted by atomic mass is 10.2. The Labute approximate surface area is 108 Å². The number of benzene rings is 1. The summed E-state index contributed by atoms with van der Waals surface area (Å²) in [6.07, 6.45) is 0. The first-order valence-corrected chi connectivity index (χ1v) is 6.91. The van der Waals surface area contributed by atoms with E-state index < -0.39 is 0 Å². The van der Waals surface area contributed by atoms with Gasteiger partial charge in [-0.2, -0.15) is 0 Å². The third kappa shape index (κ3) is 5.55. The van der Waals surface area contributed by atoms with Gasteiger partial charge in [0.05, 0.1) is 6.61 Å². The molecular formula is C13H22N2OS. The van der Waals surface area contributed by atoms with E-state index >= 15 is 0 Å². The Morgan fingerprint density at radius 3 is 2.53 bits per heavy atom. The van der Waals surface area contributed by atoms with Crippen LogP contribution in [0.15, 0.2) is 29.2 Å². The minimum absolute atomic E-state index is 0.0381. The second-order valence-corrected chi connectivity index (χ2v) is 5.55. The molecule has 0 heterocycles. The van der Waals surface area contributed by atoms with Crippen molar-refractivity contribution in [2.45, 2.75) is 24.4 Å². The van der Waals surface area contributed by atoms with Gasteiger partial charge in [-0.3, -0.25) is 0 Å². The van der Waals surface area contributed by atoms with Crippen molar-refractivity contribution in [3.8, 4) is 0 Å². The Hall–Kier alpha value is -0.550. The Balaban J connectivity index is 2.45. The second-order valence-electron chi connectivity index (χ2n) is 4.22. The van der Waals surface area contributed by atoms with Gasteiger partial charge in [0.1, 0.15) is 0 Å². The molecule has 0 radical (unpaired) electrons. The number of hydrogen-bond acceptors (Lipinski definition) is 4. The van der Waals surface area contributed by atoms with Crippen LogP contribution in [0.1, 0.15) is 12.5 Å². The van der Waals surface area contributed by atoms with Gasteiger partial charge in [-0.15, -0.1) is 11.8 Å². The minimum atomic E-state index is -0.157. The number of aliphatic hydroxyl groups excluding tert-OH is 1. The van der Waals surface area contributed by atoms with Crippen LogP contribution in [-0.4, -0.2) is 42.0 Å². The first kappa shape index (κ1) is 14.5. The Morgan fingerprint density at radius 2 is 2.00 bits per heavy atom. The monoisotopic (exact) mass is 254 g/mol. The van der Waals surface area contributed by atoms with Crippen molar-refractivity contribution in [2.24, 2.45) is 5.73 Å². The fraction of sp³-hybridized carbons (Fsp3) is 0.538. The lowest BCUT2D eigenvalue weighted by Crippen LogP contribution is -2.37. The third-order valence-electron chi connectivity index (χ3n) is 2.47. The highest BCUT2D eigenvalue weighted by atomic mass is 32.2. The highest BCUT2D eigenvalue weighted by Crippen LogP contribution is 2.18. The molecule has 0 saturated carbocycles. The molecule has 1 atom stereocenters. The maximum absolute atomic E-state index is 8.89. The first-order valence-electron chi connectivity index (χ1n) is 5.92. The molecule has 1 unspecified atom stereocenters. The van der Waals surface area contributed by atoms with Crippen LogP contribution >= 0.6 is 11.8 Å². The van der Waals surface area contributed by atoms with Gasteiger partial charge in [0, 0.05) is 24.0 Å². The van der Waals surface area contributed by atoms with Gasteiger partial charge in [0.15, 0.2) is 0 Å². The lowest BCUT2D eigenvalue weighted by Gasteiger charge is -2.20. The fourth-order valence-corrected chi connectivity index (χ4v) is 2.35. The van der Waals surface area contributed by atoms with E-state index in [1.165, 1.54) is 10.5 Å². The zero-order valence-corrected chi connectivity index (χ0v) is 11.4. The average Bonchev–Trinajstić information content (AvgIpc) is 2.31. The molecule has 0 aromatic heterocycles. The largest absolute Gasteiger partial charge is 0.395 e. The molecule has 0 saturated heterocycles. The van der Waals surface area contributed by atoms with Gasteiger partial charge in [-0.25, -0.2) is 0 Å². The van der Waals surface area contributed by atoms with Crippen molar-refractivity contribution in [3.05, 3.63) is 29.8 Å². The van der Waals surface area contributed by atoms with E-state index in [4.69, 9.17) is 10.8 Å². The summed E-state index contributed by atoms with van der Waals surface area (Å²) in [6.45, 7) is 3.77. The summed E-state index contributed by atoms with van der Waals surface area (Å²) in [5.74, 6) is 1.10. The Kier molecular flexibility index (Phi) is 6.58. The molecule has 0 spiro atoms. The molecule has 3 N–H and O–H groups in total. The molecule has 4 heteroatoms. The molecule has 0 aliphatic heterocycles. The van der Waals surface area contributed by atoms with Gasteiger partial charge >= 0.3 is 0 Å². The topological polar surface area (TPSA) is 49.5 Å². The zero-order chi connectivity index (χ0) is 12.7. The number of rotatable bonds is 7.